The summed E-state index contributed by atoms with van der Waals surface area (Å²) in [6.45, 7) is 0. The van der Waals surface area contributed by atoms with E-state index < -0.39 is 10.0 Å². The van der Waals surface area contributed by atoms with Crippen LogP contribution in [-0.2, 0) is 10.0 Å². The van der Waals surface area contributed by atoms with Crippen LogP contribution in [-0.4, -0.2) is 31.7 Å². The second-order valence-electron chi connectivity index (χ2n) is 8.20. The van der Waals surface area contributed by atoms with E-state index in [-0.39, 0.29) is 16.8 Å². The lowest BCUT2D eigenvalue weighted by atomic mass is 9.96. The van der Waals surface area contributed by atoms with E-state index in [0.717, 1.165) is 32.1 Å². The Morgan fingerprint density at radius 1 is 0.879 bits per heavy atom. The number of para-hydroxylation sites is 3. The van der Waals surface area contributed by atoms with E-state index in [4.69, 9.17) is 4.74 Å². The second-order valence-corrected chi connectivity index (χ2v) is 10.2. The van der Waals surface area contributed by atoms with Crippen molar-refractivity contribution in [3.63, 3.8) is 0 Å². The highest BCUT2D eigenvalue weighted by atomic mass is 32.2. The van der Waals surface area contributed by atoms with Gasteiger partial charge in [-0.05, 0) is 61.4 Å². The lowest BCUT2D eigenvalue weighted by molar-refractivity contribution is 0.102. The van der Waals surface area contributed by atoms with Gasteiger partial charge in [-0.25, -0.2) is 8.42 Å². The van der Waals surface area contributed by atoms with Gasteiger partial charge in [-0.2, -0.15) is 4.31 Å². The van der Waals surface area contributed by atoms with Gasteiger partial charge in [0.15, 0.2) is 5.75 Å². The molecule has 1 fully saturated rings. The van der Waals surface area contributed by atoms with Crippen molar-refractivity contribution in [1.82, 2.24) is 4.31 Å². The van der Waals surface area contributed by atoms with E-state index >= 15 is 0 Å². The third kappa shape index (κ3) is 5.43. The highest BCUT2D eigenvalue weighted by Crippen LogP contribution is 2.30. The standard InChI is InChI=1S/C26H28N2O4S/c1-28(21-10-4-2-5-11-21)33(30,31)23-18-16-20(17-19-23)26(29)27-24-14-8-9-15-25(24)32-22-12-6-3-7-13-22/h3,6-9,12-19,21H,2,4-5,10-11H2,1H3,(H,27,29). The number of anilines is 1. The molecule has 1 saturated carbocycles. The molecular weight excluding hydrogens is 436 g/mol. The molecule has 0 aliphatic heterocycles. The number of hydrogen-bond acceptors (Lipinski definition) is 4. The molecule has 1 N–H and O–H groups in total. The fourth-order valence-corrected chi connectivity index (χ4v) is 5.47. The molecule has 0 heterocycles. The maximum absolute atomic E-state index is 13.0. The van der Waals surface area contributed by atoms with Crippen LogP contribution in [0.15, 0.2) is 83.8 Å². The molecule has 0 saturated heterocycles. The smallest absolute Gasteiger partial charge is 0.255 e. The van der Waals surface area contributed by atoms with Crippen LogP contribution in [0, 0.1) is 0 Å². The van der Waals surface area contributed by atoms with Crippen LogP contribution >= 0.6 is 0 Å². The van der Waals surface area contributed by atoms with Gasteiger partial charge in [0.05, 0.1) is 10.6 Å². The van der Waals surface area contributed by atoms with E-state index in [2.05, 4.69) is 5.32 Å². The SMILES string of the molecule is CN(C1CCCCC1)S(=O)(=O)c1ccc(C(=O)Nc2ccccc2Oc2ccccc2)cc1. The molecule has 1 aliphatic carbocycles. The van der Waals surface area contributed by atoms with Gasteiger partial charge in [0.1, 0.15) is 5.75 Å². The molecule has 1 amide bonds. The predicted molar refractivity (Wildman–Crippen MR) is 129 cm³/mol. The number of carbonyl (C=O) groups excluding carboxylic acids is 1. The first-order valence-electron chi connectivity index (χ1n) is 11.2. The summed E-state index contributed by atoms with van der Waals surface area (Å²) in [5, 5.41) is 2.86. The van der Waals surface area contributed by atoms with Gasteiger partial charge in [0.2, 0.25) is 10.0 Å². The summed E-state index contributed by atoms with van der Waals surface area (Å²) in [7, 11) is -1.95. The maximum atomic E-state index is 13.0. The summed E-state index contributed by atoms with van der Waals surface area (Å²) in [6, 6.07) is 22.6. The maximum Gasteiger partial charge on any atom is 0.255 e. The summed E-state index contributed by atoms with van der Waals surface area (Å²) >= 11 is 0. The summed E-state index contributed by atoms with van der Waals surface area (Å²) < 4.78 is 33.4. The van der Waals surface area contributed by atoms with Gasteiger partial charge >= 0.3 is 0 Å². The van der Waals surface area contributed by atoms with E-state index in [1.165, 1.54) is 28.6 Å². The van der Waals surface area contributed by atoms with Gasteiger partial charge in [-0.3, -0.25) is 4.79 Å². The first-order valence-corrected chi connectivity index (χ1v) is 12.6. The first-order chi connectivity index (χ1) is 15.9. The van der Waals surface area contributed by atoms with Crippen molar-refractivity contribution < 1.29 is 17.9 Å². The zero-order valence-corrected chi connectivity index (χ0v) is 19.4. The van der Waals surface area contributed by atoms with Crippen LogP contribution in [0.2, 0.25) is 0 Å². The van der Waals surface area contributed by atoms with Crippen LogP contribution in [0.25, 0.3) is 0 Å². The minimum atomic E-state index is -3.60. The first kappa shape index (κ1) is 23.0. The Kier molecular flexibility index (Phi) is 7.11. The quantitative estimate of drug-likeness (QED) is 0.488. The van der Waals surface area contributed by atoms with Crippen molar-refractivity contribution in [2.75, 3.05) is 12.4 Å². The Morgan fingerprint density at radius 2 is 1.52 bits per heavy atom. The van der Waals surface area contributed by atoms with Gasteiger partial charge in [-0.1, -0.05) is 49.6 Å². The topological polar surface area (TPSA) is 75.7 Å². The molecule has 172 valence electrons. The Bertz CT molecular complexity index is 1190. The van der Waals surface area contributed by atoms with Gasteiger partial charge in [0.25, 0.3) is 5.91 Å². The Morgan fingerprint density at radius 3 is 2.21 bits per heavy atom. The highest BCUT2D eigenvalue weighted by Gasteiger charge is 2.29. The largest absolute Gasteiger partial charge is 0.455 e. The number of rotatable bonds is 7. The molecule has 4 rings (SSSR count). The molecule has 0 spiro atoms. The summed E-state index contributed by atoms with van der Waals surface area (Å²) in [5.74, 6) is 0.838. The van der Waals surface area contributed by atoms with Crippen LogP contribution < -0.4 is 10.1 Å². The van der Waals surface area contributed by atoms with Gasteiger partial charge in [0, 0.05) is 18.7 Å². The molecule has 0 aromatic heterocycles. The number of nitrogens with zero attached hydrogens (tertiary/aromatic N) is 1. The third-order valence-corrected chi connectivity index (χ3v) is 7.91. The fraction of sp³-hybridized carbons (Fsp3) is 0.269. The highest BCUT2D eigenvalue weighted by molar-refractivity contribution is 7.89. The molecule has 0 unspecified atom stereocenters. The predicted octanol–water partition coefficient (Wildman–Crippen LogP) is 5.68. The molecule has 3 aromatic rings. The zero-order valence-electron chi connectivity index (χ0n) is 18.6. The molecule has 1 aliphatic rings. The van der Waals surface area contributed by atoms with E-state index in [1.807, 2.05) is 42.5 Å². The van der Waals surface area contributed by atoms with Gasteiger partial charge < -0.3 is 10.1 Å². The Balaban J connectivity index is 1.47. The van der Waals surface area contributed by atoms with E-state index in [9.17, 15) is 13.2 Å². The molecule has 33 heavy (non-hydrogen) atoms. The molecular formula is C26H28N2O4S. The number of hydrogen-bond donors (Lipinski definition) is 1. The minimum absolute atomic E-state index is 0.0350. The lowest BCUT2D eigenvalue weighted by Gasteiger charge is -2.30. The number of nitrogens with one attached hydrogen (secondary N) is 1. The molecule has 6 nitrogen and oxygen atoms in total. The minimum Gasteiger partial charge on any atom is -0.455 e. The fourth-order valence-electron chi connectivity index (χ4n) is 4.05. The third-order valence-electron chi connectivity index (χ3n) is 5.99. The molecule has 0 bridgehead atoms. The number of sulfonamides is 1. The van der Waals surface area contributed by atoms with Crippen LogP contribution in [0.1, 0.15) is 42.5 Å². The normalized spacial score (nSPS) is 14.7. The second kappa shape index (κ2) is 10.2. The number of amides is 1. The van der Waals surface area contributed by atoms with Crippen LogP contribution in [0.3, 0.4) is 0 Å². The Hall–Kier alpha value is -3.16. The molecule has 7 heteroatoms. The van der Waals surface area contributed by atoms with Gasteiger partial charge in [-0.15, -0.1) is 0 Å². The summed E-state index contributed by atoms with van der Waals surface area (Å²) in [6.07, 6.45) is 5.05. The lowest BCUT2D eigenvalue weighted by Crippen LogP contribution is -2.38. The molecule has 0 radical (unpaired) electrons. The van der Waals surface area contributed by atoms with Crippen molar-refractivity contribution in [3.8, 4) is 11.5 Å². The van der Waals surface area contributed by atoms with Crippen LogP contribution in [0.5, 0.6) is 11.5 Å². The number of benzene rings is 3. The van der Waals surface area contributed by atoms with E-state index in [0.29, 0.717) is 22.7 Å². The summed E-state index contributed by atoms with van der Waals surface area (Å²) in [4.78, 5) is 13.0. The van der Waals surface area contributed by atoms with Crippen molar-refractivity contribution in [2.45, 2.75) is 43.0 Å². The average Bonchev–Trinajstić information content (AvgIpc) is 2.86. The number of carbonyl (C=O) groups is 1. The monoisotopic (exact) mass is 464 g/mol. The zero-order chi connectivity index (χ0) is 23.3. The van der Waals surface area contributed by atoms with E-state index in [1.54, 1.807) is 19.2 Å². The molecule has 0 atom stereocenters. The number of ether oxygens (including phenoxy) is 1. The van der Waals surface area contributed by atoms with Crippen molar-refractivity contribution in [3.05, 3.63) is 84.4 Å². The van der Waals surface area contributed by atoms with Crippen molar-refractivity contribution in [1.29, 1.82) is 0 Å². The average molecular weight is 465 g/mol. The summed E-state index contributed by atoms with van der Waals surface area (Å²) in [5.41, 5.74) is 0.892. The van der Waals surface area contributed by atoms with Crippen molar-refractivity contribution >= 4 is 21.6 Å². The molecule has 3 aromatic carbocycles. The van der Waals surface area contributed by atoms with Crippen molar-refractivity contribution in [2.24, 2.45) is 0 Å². The Labute approximate surface area is 195 Å². The van der Waals surface area contributed by atoms with Crippen LogP contribution in [0.4, 0.5) is 5.69 Å².